The lowest BCUT2D eigenvalue weighted by atomic mass is 9.80. The van der Waals surface area contributed by atoms with Crippen LogP contribution >= 0.6 is 0 Å². The summed E-state index contributed by atoms with van der Waals surface area (Å²) in [6.07, 6.45) is 6.16. The highest BCUT2D eigenvalue weighted by molar-refractivity contribution is 4.93. The van der Waals surface area contributed by atoms with E-state index in [0.29, 0.717) is 31.0 Å². The molecule has 2 aliphatic carbocycles. The van der Waals surface area contributed by atoms with E-state index in [0.717, 1.165) is 25.7 Å². The number of methoxy groups -OCH3 is 1. The van der Waals surface area contributed by atoms with Crippen molar-refractivity contribution in [2.24, 2.45) is 17.8 Å². The van der Waals surface area contributed by atoms with E-state index in [1.807, 2.05) is 0 Å². The summed E-state index contributed by atoms with van der Waals surface area (Å²) in [6.45, 7) is 0.446. The van der Waals surface area contributed by atoms with E-state index in [9.17, 15) is 5.11 Å². The Balaban J connectivity index is 1.91. The second-order valence-electron chi connectivity index (χ2n) is 5.78. The third-order valence-electron chi connectivity index (χ3n) is 4.69. The molecule has 2 saturated carbocycles. The highest BCUT2D eigenvalue weighted by Gasteiger charge is 2.42. The van der Waals surface area contributed by atoms with Gasteiger partial charge in [0.25, 0.3) is 0 Å². The maximum Gasteiger partial charge on any atom is 0.146 e. The fourth-order valence-corrected chi connectivity index (χ4v) is 3.85. The minimum Gasteiger partial charge on any atom is -0.396 e. The highest BCUT2D eigenvalue weighted by Crippen LogP contribution is 2.47. The minimum absolute atomic E-state index is 0.0766. The molecule has 106 valence electrons. The average molecular weight is 258 g/mol. The zero-order chi connectivity index (χ0) is 13.0. The molecule has 18 heavy (non-hydrogen) atoms. The Kier molecular flexibility index (Phi) is 5.42. The summed E-state index contributed by atoms with van der Waals surface area (Å²) in [4.78, 5) is 0. The molecule has 0 heterocycles. The van der Waals surface area contributed by atoms with Crippen LogP contribution in [-0.4, -0.2) is 42.9 Å². The molecule has 0 spiro atoms. The van der Waals surface area contributed by atoms with Crippen LogP contribution in [0.1, 0.15) is 38.5 Å². The third kappa shape index (κ3) is 3.23. The molecule has 0 aromatic rings. The van der Waals surface area contributed by atoms with Crippen LogP contribution in [0.15, 0.2) is 0 Å². The van der Waals surface area contributed by atoms with E-state index in [1.165, 1.54) is 6.42 Å². The lowest BCUT2D eigenvalue weighted by Crippen LogP contribution is -2.28. The van der Waals surface area contributed by atoms with Crippen LogP contribution in [0.5, 0.6) is 0 Å². The Morgan fingerprint density at radius 3 is 2.78 bits per heavy atom. The van der Waals surface area contributed by atoms with Crippen molar-refractivity contribution in [3.05, 3.63) is 0 Å². The van der Waals surface area contributed by atoms with Crippen LogP contribution in [0.3, 0.4) is 0 Å². The van der Waals surface area contributed by atoms with Gasteiger partial charge in [-0.3, -0.25) is 0 Å². The van der Waals surface area contributed by atoms with Gasteiger partial charge in [0.2, 0.25) is 0 Å². The van der Waals surface area contributed by atoms with Gasteiger partial charge < -0.3 is 19.7 Å². The molecular weight excluding hydrogens is 232 g/mol. The van der Waals surface area contributed by atoms with E-state index in [1.54, 1.807) is 7.11 Å². The normalized spacial score (nSPS) is 37.5. The van der Waals surface area contributed by atoms with E-state index >= 15 is 0 Å². The number of ether oxygens (including phenoxy) is 2. The SMILES string of the molecule is COCOC(CCO)[C@@H]1C[C@@H]2CCC[C@H](O)[C@@H]2C1. The first-order valence-electron chi connectivity index (χ1n) is 7.15. The van der Waals surface area contributed by atoms with Crippen LogP contribution in [0.4, 0.5) is 0 Å². The number of fused-ring (bicyclic) bond motifs is 1. The summed E-state index contributed by atoms with van der Waals surface area (Å²) in [5, 5.41) is 19.2. The standard InChI is InChI=1S/C14H26O4/c1-17-9-18-14(5-6-15)11-7-10-3-2-4-13(16)12(10)8-11/h10-16H,2-9H2,1H3/t10-,11+,12+,13-,14?/m0/s1. The van der Waals surface area contributed by atoms with Gasteiger partial charge in [-0.05, 0) is 49.9 Å². The van der Waals surface area contributed by atoms with Crippen LogP contribution < -0.4 is 0 Å². The fraction of sp³-hybridized carbons (Fsp3) is 1.00. The Morgan fingerprint density at radius 2 is 2.11 bits per heavy atom. The molecule has 0 aliphatic heterocycles. The van der Waals surface area contributed by atoms with Crippen molar-refractivity contribution in [2.45, 2.75) is 50.7 Å². The number of rotatable bonds is 6. The van der Waals surface area contributed by atoms with Crippen LogP contribution in [0, 0.1) is 17.8 Å². The number of aliphatic hydroxyl groups excluding tert-OH is 2. The van der Waals surface area contributed by atoms with Crippen LogP contribution in [0.2, 0.25) is 0 Å². The van der Waals surface area contributed by atoms with Gasteiger partial charge in [0, 0.05) is 13.7 Å². The summed E-state index contributed by atoms with van der Waals surface area (Å²) >= 11 is 0. The van der Waals surface area contributed by atoms with Crippen molar-refractivity contribution in [3.8, 4) is 0 Å². The molecule has 0 aromatic carbocycles. The predicted molar refractivity (Wildman–Crippen MR) is 68.0 cm³/mol. The molecule has 2 aliphatic rings. The quantitative estimate of drug-likeness (QED) is 0.710. The van der Waals surface area contributed by atoms with Crippen LogP contribution in [-0.2, 0) is 9.47 Å². The molecule has 2 N–H and O–H groups in total. The molecule has 0 radical (unpaired) electrons. The van der Waals surface area contributed by atoms with Gasteiger partial charge in [0.05, 0.1) is 12.2 Å². The van der Waals surface area contributed by atoms with Crippen molar-refractivity contribution >= 4 is 0 Å². The molecule has 2 fully saturated rings. The topological polar surface area (TPSA) is 58.9 Å². The molecule has 2 rings (SSSR count). The first-order chi connectivity index (χ1) is 8.76. The minimum atomic E-state index is -0.119. The van der Waals surface area contributed by atoms with E-state index in [4.69, 9.17) is 14.6 Å². The monoisotopic (exact) mass is 258 g/mol. The molecule has 0 aromatic heterocycles. The zero-order valence-electron chi connectivity index (χ0n) is 11.3. The van der Waals surface area contributed by atoms with Crippen molar-refractivity contribution in [1.82, 2.24) is 0 Å². The van der Waals surface area contributed by atoms with Gasteiger partial charge in [-0.2, -0.15) is 0 Å². The number of hydrogen-bond acceptors (Lipinski definition) is 4. The summed E-state index contributed by atoms with van der Waals surface area (Å²) in [5.41, 5.74) is 0. The van der Waals surface area contributed by atoms with E-state index in [2.05, 4.69) is 0 Å². The summed E-state index contributed by atoms with van der Waals surface area (Å²) < 4.78 is 10.7. The fourth-order valence-electron chi connectivity index (χ4n) is 3.85. The van der Waals surface area contributed by atoms with Crippen molar-refractivity contribution in [1.29, 1.82) is 0 Å². The number of hydrogen-bond donors (Lipinski definition) is 2. The van der Waals surface area contributed by atoms with Crippen molar-refractivity contribution < 1.29 is 19.7 Å². The molecule has 4 heteroatoms. The number of aliphatic hydroxyl groups is 2. The molecule has 0 bridgehead atoms. The maximum absolute atomic E-state index is 10.1. The zero-order valence-corrected chi connectivity index (χ0v) is 11.3. The van der Waals surface area contributed by atoms with Gasteiger partial charge in [0.15, 0.2) is 0 Å². The first kappa shape index (κ1) is 14.3. The largest absolute Gasteiger partial charge is 0.396 e. The maximum atomic E-state index is 10.1. The molecule has 0 saturated heterocycles. The lowest BCUT2D eigenvalue weighted by molar-refractivity contribution is -0.0975. The molecule has 1 unspecified atom stereocenters. The molecule has 4 nitrogen and oxygen atoms in total. The van der Waals surface area contributed by atoms with Crippen molar-refractivity contribution in [3.63, 3.8) is 0 Å². The third-order valence-corrected chi connectivity index (χ3v) is 4.69. The van der Waals surface area contributed by atoms with Gasteiger partial charge >= 0.3 is 0 Å². The smallest absolute Gasteiger partial charge is 0.146 e. The Hall–Kier alpha value is -0.160. The Morgan fingerprint density at radius 1 is 1.28 bits per heavy atom. The van der Waals surface area contributed by atoms with Crippen molar-refractivity contribution in [2.75, 3.05) is 20.5 Å². The highest BCUT2D eigenvalue weighted by atomic mass is 16.7. The van der Waals surface area contributed by atoms with Gasteiger partial charge in [-0.1, -0.05) is 6.42 Å². The second kappa shape index (κ2) is 6.85. The van der Waals surface area contributed by atoms with E-state index < -0.39 is 0 Å². The predicted octanol–water partition coefficient (Wildman–Crippen LogP) is 1.55. The summed E-state index contributed by atoms with van der Waals surface area (Å²) in [5.74, 6) is 1.58. The molecule has 5 atom stereocenters. The van der Waals surface area contributed by atoms with Gasteiger partial charge in [-0.25, -0.2) is 0 Å². The molecular formula is C14H26O4. The second-order valence-corrected chi connectivity index (χ2v) is 5.78. The molecule has 0 amide bonds. The summed E-state index contributed by atoms with van der Waals surface area (Å²) in [6, 6.07) is 0. The Bertz CT molecular complexity index is 246. The average Bonchev–Trinajstić information content (AvgIpc) is 2.80. The first-order valence-corrected chi connectivity index (χ1v) is 7.15. The van der Waals surface area contributed by atoms with Crippen LogP contribution in [0.25, 0.3) is 0 Å². The van der Waals surface area contributed by atoms with Gasteiger partial charge in [0.1, 0.15) is 6.79 Å². The summed E-state index contributed by atoms with van der Waals surface area (Å²) in [7, 11) is 1.62. The Labute approximate surface area is 109 Å². The van der Waals surface area contributed by atoms with Gasteiger partial charge in [-0.15, -0.1) is 0 Å². The lowest BCUT2D eigenvalue weighted by Gasteiger charge is -2.29. The van der Waals surface area contributed by atoms with E-state index in [-0.39, 0.29) is 18.8 Å².